The first-order chi connectivity index (χ1) is 9.54. The van der Waals surface area contributed by atoms with Crippen LogP contribution in [0.2, 0.25) is 0 Å². The summed E-state index contributed by atoms with van der Waals surface area (Å²) in [6, 6.07) is 9.79. The molecule has 0 aliphatic rings. The number of para-hydroxylation sites is 1. The highest BCUT2D eigenvalue weighted by Crippen LogP contribution is 2.18. The Morgan fingerprint density at radius 3 is 2.75 bits per heavy atom. The van der Waals surface area contributed by atoms with Crippen LogP contribution < -0.4 is 4.74 Å². The number of nitrogens with zero attached hydrogens (tertiary/aromatic N) is 1. The molecule has 1 aromatic heterocycles. The Morgan fingerprint density at radius 2 is 1.95 bits per heavy atom. The Morgan fingerprint density at radius 1 is 1.15 bits per heavy atom. The third-order valence-corrected chi connectivity index (χ3v) is 4.11. The highest BCUT2D eigenvalue weighted by atomic mass is 35.7. The van der Waals surface area contributed by atoms with Crippen molar-refractivity contribution in [2.75, 3.05) is 12.4 Å². The summed E-state index contributed by atoms with van der Waals surface area (Å²) in [5.74, 6) is 0.750. The summed E-state index contributed by atoms with van der Waals surface area (Å²) < 4.78 is 27.1. The Hall–Kier alpha value is -1.33. The van der Waals surface area contributed by atoms with Crippen molar-refractivity contribution >= 4 is 30.6 Å². The van der Waals surface area contributed by atoms with Gasteiger partial charge >= 0.3 is 0 Å². The highest BCUT2D eigenvalue weighted by molar-refractivity contribution is 8.13. The minimum Gasteiger partial charge on any atom is -0.492 e. The van der Waals surface area contributed by atoms with Crippen LogP contribution in [0.25, 0.3) is 10.9 Å². The van der Waals surface area contributed by atoms with E-state index in [1.807, 2.05) is 30.3 Å². The number of hydrogen-bond acceptors (Lipinski definition) is 4. The maximum Gasteiger partial charge on any atom is 0.232 e. The maximum absolute atomic E-state index is 10.7. The van der Waals surface area contributed by atoms with Crippen LogP contribution in [0, 0.1) is 0 Å². The van der Waals surface area contributed by atoms with Gasteiger partial charge in [0.05, 0.1) is 24.1 Å². The molecule has 0 fully saturated rings. The van der Waals surface area contributed by atoms with Gasteiger partial charge in [-0.15, -0.1) is 0 Å². The topological polar surface area (TPSA) is 56.3 Å². The van der Waals surface area contributed by atoms with Gasteiger partial charge in [-0.1, -0.05) is 18.2 Å². The molecule has 20 heavy (non-hydrogen) atoms. The van der Waals surface area contributed by atoms with E-state index in [9.17, 15) is 8.42 Å². The van der Waals surface area contributed by atoms with Crippen LogP contribution in [0.3, 0.4) is 0 Å². The molecule has 0 spiro atoms. The first kappa shape index (κ1) is 15.1. The first-order valence-corrected chi connectivity index (χ1v) is 8.92. The van der Waals surface area contributed by atoms with E-state index in [1.165, 1.54) is 0 Å². The van der Waals surface area contributed by atoms with Crippen molar-refractivity contribution in [1.29, 1.82) is 0 Å². The third-order valence-electron chi connectivity index (χ3n) is 2.87. The summed E-state index contributed by atoms with van der Waals surface area (Å²) in [4.78, 5) is 4.31. The van der Waals surface area contributed by atoms with Crippen LogP contribution in [-0.2, 0) is 9.05 Å². The van der Waals surface area contributed by atoms with Gasteiger partial charge in [-0.2, -0.15) is 0 Å². The van der Waals surface area contributed by atoms with E-state index >= 15 is 0 Å². The highest BCUT2D eigenvalue weighted by Gasteiger charge is 2.04. The Balaban J connectivity index is 1.76. The second kappa shape index (κ2) is 6.90. The van der Waals surface area contributed by atoms with Gasteiger partial charge in [0.25, 0.3) is 0 Å². The van der Waals surface area contributed by atoms with Gasteiger partial charge in [-0.3, -0.25) is 4.98 Å². The molecular formula is C14H16ClNO3S. The van der Waals surface area contributed by atoms with Crippen LogP contribution in [-0.4, -0.2) is 25.8 Å². The van der Waals surface area contributed by atoms with Crippen molar-refractivity contribution < 1.29 is 13.2 Å². The van der Waals surface area contributed by atoms with Gasteiger partial charge < -0.3 is 4.74 Å². The fourth-order valence-corrected chi connectivity index (χ4v) is 2.75. The van der Waals surface area contributed by atoms with Gasteiger partial charge in [0, 0.05) is 16.1 Å². The second-order valence-electron chi connectivity index (χ2n) is 4.52. The minimum absolute atomic E-state index is 0.0199. The molecule has 0 unspecified atom stereocenters. The number of hydrogen-bond donors (Lipinski definition) is 0. The smallest absolute Gasteiger partial charge is 0.232 e. The van der Waals surface area contributed by atoms with Gasteiger partial charge in [0.1, 0.15) is 5.75 Å². The molecule has 0 N–H and O–H groups in total. The zero-order valence-corrected chi connectivity index (χ0v) is 12.5. The van der Waals surface area contributed by atoms with Crippen molar-refractivity contribution in [2.24, 2.45) is 0 Å². The van der Waals surface area contributed by atoms with Crippen LogP contribution in [0.1, 0.15) is 19.3 Å². The average molecular weight is 314 g/mol. The van der Waals surface area contributed by atoms with Gasteiger partial charge in [-0.25, -0.2) is 8.42 Å². The van der Waals surface area contributed by atoms with E-state index in [2.05, 4.69) is 4.98 Å². The SMILES string of the molecule is O=S(=O)(Cl)CCCCCOc1cnc2ccccc2c1. The third kappa shape index (κ3) is 4.98. The van der Waals surface area contributed by atoms with E-state index in [-0.39, 0.29) is 5.75 Å². The van der Waals surface area contributed by atoms with E-state index in [4.69, 9.17) is 15.4 Å². The molecule has 0 atom stereocenters. The fraction of sp³-hybridized carbons (Fsp3) is 0.357. The molecule has 1 heterocycles. The van der Waals surface area contributed by atoms with E-state index < -0.39 is 9.05 Å². The monoisotopic (exact) mass is 313 g/mol. The van der Waals surface area contributed by atoms with Crippen LogP contribution in [0.15, 0.2) is 36.5 Å². The summed E-state index contributed by atoms with van der Waals surface area (Å²) in [6.07, 6.45) is 3.82. The lowest BCUT2D eigenvalue weighted by Crippen LogP contribution is -2.01. The Labute approximate surface area is 123 Å². The van der Waals surface area contributed by atoms with Gasteiger partial charge in [-0.05, 0) is 31.4 Å². The standard InChI is InChI=1S/C14H16ClNO3S/c15-20(17,18)9-5-1-4-8-19-13-10-12-6-2-3-7-14(12)16-11-13/h2-3,6-7,10-11H,1,4-5,8-9H2. The number of ether oxygens (including phenoxy) is 1. The largest absolute Gasteiger partial charge is 0.492 e. The molecule has 0 saturated heterocycles. The molecule has 6 heteroatoms. The quantitative estimate of drug-likeness (QED) is 0.581. The predicted molar refractivity (Wildman–Crippen MR) is 80.7 cm³/mol. The molecular weight excluding hydrogens is 298 g/mol. The summed E-state index contributed by atoms with van der Waals surface area (Å²) in [5, 5.41) is 1.04. The molecule has 2 aromatic rings. The van der Waals surface area contributed by atoms with Crippen LogP contribution in [0.4, 0.5) is 0 Å². The molecule has 0 saturated carbocycles. The number of benzene rings is 1. The Kier molecular flexibility index (Phi) is 5.20. The van der Waals surface area contributed by atoms with E-state index in [0.717, 1.165) is 29.5 Å². The summed E-state index contributed by atoms with van der Waals surface area (Å²) in [6.45, 7) is 0.544. The van der Waals surface area contributed by atoms with Crippen molar-refractivity contribution in [3.8, 4) is 5.75 Å². The molecule has 1 aromatic carbocycles. The molecule has 0 amide bonds. The lowest BCUT2D eigenvalue weighted by atomic mass is 10.2. The minimum atomic E-state index is -3.37. The number of halogens is 1. The molecule has 0 bridgehead atoms. The zero-order valence-electron chi connectivity index (χ0n) is 11.0. The zero-order chi connectivity index (χ0) is 14.4. The predicted octanol–water partition coefficient (Wildman–Crippen LogP) is 3.35. The molecule has 0 radical (unpaired) electrons. The first-order valence-electron chi connectivity index (χ1n) is 6.44. The number of pyridine rings is 1. The van der Waals surface area contributed by atoms with E-state index in [1.54, 1.807) is 6.20 Å². The van der Waals surface area contributed by atoms with Gasteiger partial charge in [0.15, 0.2) is 0 Å². The van der Waals surface area contributed by atoms with Crippen LogP contribution >= 0.6 is 10.7 Å². The molecule has 0 aliphatic heterocycles. The normalized spacial score (nSPS) is 11.7. The summed E-state index contributed by atoms with van der Waals surface area (Å²) >= 11 is 0. The van der Waals surface area contributed by atoms with Crippen LogP contribution in [0.5, 0.6) is 5.75 Å². The molecule has 108 valence electrons. The van der Waals surface area contributed by atoms with Crippen molar-refractivity contribution in [2.45, 2.75) is 19.3 Å². The van der Waals surface area contributed by atoms with Gasteiger partial charge in [0.2, 0.25) is 9.05 Å². The molecule has 0 aliphatic carbocycles. The number of fused-ring (bicyclic) bond motifs is 1. The average Bonchev–Trinajstić information content (AvgIpc) is 2.41. The van der Waals surface area contributed by atoms with Crippen molar-refractivity contribution in [3.63, 3.8) is 0 Å². The second-order valence-corrected chi connectivity index (χ2v) is 7.41. The molecule has 4 nitrogen and oxygen atoms in total. The number of aromatic nitrogens is 1. The summed E-state index contributed by atoms with van der Waals surface area (Å²) in [5.41, 5.74) is 0.937. The van der Waals surface area contributed by atoms with Crippen molar-refractivity contribution in [1.82, 2.24) is 4.98 Å². The van der Waals surface area contributed by atoms with E-state index in [0.29, 0.717) is 13.0 Å². The Bertz CT molecular complexity index is 673. The molecule has 2 rings (SSSR count). The lowest BCUT2D eigenvalue weighted by molar-refractivity contribution is 0.305. The maximum atomic E-state index is 10.7. The van der Waals surface area contributed by atoms with Crippen molar-refractivity contribution in [3.05, 3.63) is 36.5 Å². The lowest BCUT2D eigenvalue weighted by Gasteiger charge is -2.06. The number of rotatable bonds is 7. The number of unbranched alkanes of at least 4 members (excludes halogenated alkanes) is 2. The fourth-order valence-electron chi connectivity index (χ4n) is 1.87. The summed E-state index contributed by atoms with van der Waals surface area (Å²) in [7, 11) is 1.76.